The molecule has 536 valence electrons. The lowest BCUT2D eigenvalue weighted by Crippen LogP contribution is -2.68. The van der Waals surface area contributed by atoms with Crippen molar-refractivity contribution in [2.45, 2.75) is 343 Å². The van der Waals surface area contributed by atoms with Crippen molar-refractivity contribution in [1.82, 2.24) is 0 Å². The number of hydrogen-bond acceptors (Lipinski definition) is 26. The van der Waals surface area contributed by atoms with Crippen molar-refractivity contribution in [3.05, 3.63) is 42.0 Å². The van der Waals surface area contributed by atoms with Gasteiger partial charge in [-0.2, -0.15) is 0 Å². The second-order valence-electron chi connectivity index (χ2n) is 26.1. The van der Waals surface area contributed by atoms with Crippen molar-refractivity contribution >= 4 is 30.0 Å². The first-order valence-electron chi connectivity index (χ1n) is 34.5. The monoisotopic (exact) mass is 1340 g/mol. The Kier molecular flexibility index (Phi) is 31.7. The van der Waals surface area contributed by atoms with Crippen LogP contribution in [0, 0.1) is 5.92 Å². The van der Waals surface area contributed by atoms with Crippen LogP contribution in [0.1, 0.15) is 189 Å². The summed E-state index contributed by atoms with van der Waals surface area (Å²) in [7, 11) is 0. The molecule has 0 aromatic heterocycles. The first-order chi connectivity index (χ1) is 45.1. The molecule has 27 atom stereocenters. The summed E-state index contributed by atoms with van der Waals surface area (Å²) < 4.78 is 89.1. The molecule has 0 saturated carbocycles. The van der Waals surface area contributed by atoms with Crippen molar-refractivity contribution in [3.8, 4) is 0 Å². The molecule has 0 aliphatic carbocycles. The molecule has 6 aliphatic heterocycles. The van der Waals surface area contributed by atoms with E-state index in [1.165, 1.54) is 33.8 Å². The number of aliphatic hydroxyl groups excluding tert-OH is 8. The Morgan fingerprint density at radius 1 is 0.543 bits per heavy atom. The van der Waals surface area contributed by atoms with Crippen molar-refractivity contribution in [1.29, 1.82) is 0 Å². The van der Waals surface area contributed by atoms with Gasteiger partial charge in [0, 0.05) is 18.9 Å². The molecule has 0 amide bonds. The van der Waals surface area contributed by atoms with E-state index in [2.05, 4.69) is 6.92 Å². The van der Waals surface area contributed by atoms with Gasteiger partial charge in [-0.25, -0.2) is 4.79 Å². The fourth-order valence-electron chi connectivity index (χ4n) is 12.7. The molecule has 1 aromatic rings. The lowest BCUT2D eigenvalue weighted by Gasteiger charge is -2.51. The molecule has 0 radical (unpaired) electrons. The Morgan fingerprint density at radius 3 is 1.86 bits per heavy atom. The Hall–Kier alpha value is -3.88. The van der Waals surface area contributed by atoms with Crippen LogP contribution in [0.2, 0.25) is 0 Å². The predicted octanol–water partition coefficient (Wildman–Crippen LogP) is 5.01. The molecule has 6 saturated heterocycles. The van der Waals surface area contributed by atoms with Gasteiger partial charge in [-0.15, -0.1) is 0 Å². The third-order valence-electron chi connectivity index (χ3n) is 18.6. The summed E-state index contributed by atoms with van der Waals surface area (Å²) in [5, 5.41) is 91.9. The number of esters is 4. The topological polar surface area (TPSA) is 359 Å². The molecule has 1 unspecified atom stereocenters. The molecule has 8 N–H and O–H groups in total. The van der Waals surface area contributed by atoms with Gasteiger partial charge in [-0.3, -0.25) is 14.4 Å². The highest BCUT2D eigenvalue weighted by Crippen LogP contribution is 2.40. The van der Waals surface area contributed by atoms with Crippen molar-refractivity contribution in [3.63, 3.8) is 0 Å². The second-order valence-corrected chi connectivity index (χ2v) is 26.1. The molecule has 1 aromatic carbocycles. The molecular formula is C68H108O26. The van der Waals surface area contributed by atoms with Gasteiger partial charge in [0.2, 0.25) is 0 Å². The summed E-state index contributed by atoms with van der Waals surface area (Å²) in [5.41, 5.74) is 0.658. The minimum absolute atomic E-state index is 0.0672. The maximum absolute atomic E-state index is 14.4. The van der Waals surface area contributed by atoms with Crippen LogP contribution >= 0.6 is 0 Å². The molecule has 94 heavy (non-hydrogen) atoms. The third-order valence-corrected chi connectivity index (χ3v) is 18.6. The number of hydrogen-bond donors (Lipinski definition) is 8. The quantitative estimate of drug-likeness (QED) is 0.0292. The van der Waals surface area contributed by atoms with E-state index in [-0.39, 0.29) is 18.9 Å². The van der Waals surface area contributed by atoms with E-state index in [9.17, 15) is 60.0 Å². The van der Waals surface area contributed by atoms with Crippen LogP contribution < -0.4 is 0 Å². The van der Waals surface area contributed by atoms with E-state index < -0.39 is 190 Å². The SMILES string of the molecule is CCCCCCCC(=O)O[C@H]1[C@H](O[C@@H]2[C@H]3OC(=O)CCCCCCCCC[C@H](CCCCC)O[C@@H]4O[C@H](CO)[C@@H](O)[C@H](O)[C@H]4O[C@H](O[C@H]2C)[C@@H]3O)O[C@@H](C)[C@H](O[C@@H]2O[C@@H](C)[C@H](OC(=O)C(C)CC)[C@@H](OC(=O)/C=C/c3ccccc3)[C@H]2O)[C@H]1O[C@H]1O[C@H](C)[C@@H](O)[C@H](O)[C@@H]1O. The summed E-state index contributed by atoms with van der Waals surface area (Å²) in [4.78, 5) is 55.7. The normalized spacial score (nSPS) is 39.4. The fourth-order valence-corrected chi connectivity index (χ4v) is 12.7. The summed E-state index contributed by atoms with van der Waals surface area (Å²) in [6.45, 7) is 12.9. The Bertz CT molecular complexity index is 2440. The fraction of sp³-hybridized carbons (Fsp3) is 0.824. The van der Waals surface area contributed by atoms with Crippen molar-refractivity contribution in [2.75, 3.05) is 6.61 Å². The number of ether oxygens (including phenoxy) is 14. The maximum Gasteiger partial charge on any atom is 0.331 e. The van der Waals surface area contributed by atoms with Crippen LogP contribution in [0.5, 0.6) is 0 Å². The lowest BCUT2D eigenvalue weighted by molar-refractivity contribution is -0.400. The smallest absolute Gasteiger partial charge is 0.331 e. The number of carbonyl (C=O) groups excluding carboxylic acids is 4. The van der Waals surface area contributed by atoms with Gasteiger partial charge in [-0.1, -0.05) is 141 Å². The van der Waals surface area contributed by atoms with E-state index in [1.54, 1.807) is 44.2 Å². The molecule has 6 heterocycles. The van der Waals surface area contributed by atoms with Gasteiger partial charge in [0.05, 0.1) is 43.0 Å². The number of carbonyl (C=O) groups is 4. The van der Waals surface area contributed by atoms with Crippen LogP contribution in [0.3, 0.4) is 0 Å². The molecule has 0 spiro atoms. The molecule has 2 bridgehead atoms. The molecule has 26 heteroatoms. The molecule has 6 fully saturated rings. The predicted molar refractivity (Wildman–Crippen MR) is 333 cm³/mol. The number of benzene rings is 1. The standard InChI is InChI=1S/C68H108O26/c1-9-12-14-18-26-33-46(71)89-62-61(94-64-52(77)50(75)48(73)38(5)81-64)57(91-65-53(78)58(55(39(6)82-65)90-63(80)37(4)11-3)88-47(72)35-34-42-28-23-21-24-29-42)41(8)84-68(62)92-56-40(7)83-66-54(79)59(56)87-45(70)32-27-20-17-15-16-19-25-31-43(30-22-13-10-2)85-67-60(93-66)51(76)49(74)44(36-69)86-67/h21,23-24,28-29,34-35,37-41,43-44,48-62,64-69,73-79H,9-20,22,25-27,30-33,36H2,1-8H3/b35-34+/t37?,38-,39+,40+,41+,43+,44-,48-,49-,50+,51+,52+,53-,54-,55+,56+,57+,58+,59+,60-,61-,62-,64-,65+,66+,67-,68+/m1/s1. The maximum atomic E-state index is 14.4. The van der Waals surface area contributed by atoms with E-state index >= 15 is 0 Å². The molecular weight excluding hydrogens is 1230 g/mol. The highest BCUT2D eigenvalue weighted by atomic mass is 16.8. The summed E-state index contributed by atoms with van der Waals surface area (Å²) >= 11 is 0. The highest BCUT2D eigenvalue weighted by molar-refractivity contribution is 5.87. The molecule has 6 aliphatic rings. The average molecular weight is 1340 g/mol. The van der Waals surface area contributed by atoms with Crippen LogP contribution in [-0.2, 0) is 85.5 Å². The summed E-state index contributed by atoms with van der Waals surface area (Å²) in [6, 6.07) is 8.86. The second kappa shape index (κ2) is 38.5. The highest BCUT2D eigenvalue weighted by Gasteiger charge is 2.59. The van der Waals surface area contributed by atoms with Gasteiger partial charge in [0.15, 0.2) is 55.9 Å². The minimum Gasteiger partial charge on any atom is -0.456 e. The van der Waals surface area contributed by atoms with E-state index in [0.717, 1.165) is 76.7 Å². The summed E-state index contributed by atoms with van der Waals surface area (Å²) in [5.74, 6) is -3.70. The third kappa shape index (κ3) is 21.3. The van der Waals surface area contributed by atoms with Gasteiger partial charge in [-0.05, 0) is 71.4 Å². The number of aliphatic hydroxyl groups is 8. The minimum atomic E-state index is -1.96. The van der Waals surface area contributed by atoms with Gasteiger partial charge >= 0.3 is 23.9 Å². The number of unbranched alkanes of at least 4 members (excludes halogenated alkanes) is 6. The Balaban J connectivity index is 1.26. The zero-order chi connectivity index (χ0) is 68.2. The van der Waals surface area contributed by atoms with Gasteiger partial charge in [0.25, 0.3) is 0 Å². The number of fused-ring (bicyclic) bond motifs is 3. The lowest BCUT2D eigenvalue weighted by atomic mass is 9.95. The summed E-state index contributed by atoms with van der Waals surface area (Å²) in [6.07, 6.45) is -24.6. The van der Waals surface area contributed by atoms with E-state index in [4.69, 9.17) is 66.3 Å². The average Bonchev–Trinajstić information content (AvgIpc) is 0.770. The van der Waals surface area contributed by atoms with Crippen molar-refractivity contribution in [2.24, 2.45) is 5.92 Å². The van der Waals surface area contributed by atoms with Gasteiger partial charge in [0.1, 0.15) is 73.2 Å². The van der Waals surface area contributed by atoms with Crippen LogP contribution in [-0.4, -0.2) is 231 Å². The van der Waals surface area contributed by atoms with Crippen LogP contribution in [0.4, 0.5) is 0 Å². The zero-order valence-electron chi connectivity index (χ0n) is 55.9. The first-order valence-corrected chi connectivity index (χ1v) is 34.5. The Labute approximate surface area is 552 Å². The zero-order valence-corrected chi connectivity index (χ0v) is 55.9. The first kappa shape index (κ1) is 77.5. The van der Waals surface area contributed by atoms with Crippen molar-refractivity contribution < 1.29 is 126 Å². The van der Waals surface area contributed by atoms with Crippen LogP contribution in [0.15, 0.2) is 36.4 Å². The largest absolute Gasteiger partial charge is 0.456 e. The molecule has 26 nitrogen and oxygen atoms in total. The Morgan fingerprint density at radius 2 is 1.16 bits per heavy atom. The molecule has 7 rings (SSSR count). The number of rotatable bonds is 24. The van der Waals surface area contributed by atoms with Crippen LogP contribution in [0.25, 0.3) is 6.08 Å². The van der Waals surface area contributed by atoms with E-state index in [0.29, 0.717) is 50.5 Å². The van der Waals surface area contributed by atoms with Gasteiger partial charge < -0.3 is 107 Å². The van der Waals surface area contributed by atoms with E-state index in [1.807, 2.05) is 6.92 Å².